The summed E-state index contributed by atoms with van der Waals surface area (Å²) < 4.78 is 5.01. The van der Waals surface area contributed by atoms with E-state index in [-0.39, 0.29) is 11.5 Å². The van der Waals surface area contributed by atoms with Gasteiger partial charge in [-0.25, -0.2) is 0 Å². The molecule has 0 heterocycles. The van der Waals surface area contributed by atoms with E-state index in [9.17, 15) is 9.90 Å². The quantitative estimate of drug-likeness (QED) is 0.799. The molecule has 2 N–H and O–H groups in total. The highest BCUT2D eigenvalue weighted by Crippen LogP contribution is 2.37. The lowest BCUT2D eigenvalue weighted by molar-refractivity contribution is -0.138. The summed E-state index contributed by atoms with van der Waals surface area (Å²) in [6.45, 7) is 3.28. The van der Waals surface area contributed by atoms with Crippen molar-refractivity contribution in [3.8, 4) is 11.5 Å². The van der Waals surface area contributed by atoms with Crippen molar-refractivity contribution >= 4 is 5.97 Å². The monoisotopic (exact) mass is 210 g/mol. The number of methoxy groups -OCH3 is 1. The highest BCUT2D eigenvalue weighted by molar-refractivity contribution is 5.77. The van der Waals surface area contributed by atoms with Crippen LogP contribution in [-0.2, 0) is 4.79 Å². The molecule has 0 saturated carbocycles. The Balaban J connectivity index is 3.30. The van der Waals surface area contributed by atoms with Gasteiger partial charge in [-0.15, -0.1) is 0 Å². The molecule has 0 spiro atoms. The zero-order chi connectivity index (χ0) is 11.6. The van der Waals surface area contributed by atoms with Crippen LogP contribution in [0.5, 0.6) is 11.5 Å². The molecule has 1 rings (SSSR count). The van der Waals surface area contributed by atoms with Gasteiger partial charge in [0.2, 0.25) is 0 Å². The topological polar surface area (TPSA) is 66.8 Å². The van der Waals surface area contributed by atoms with E-state index in [4.69, 9.17) is 9.84 Å². The van der Waals surface area contributed by atoms with E-state index in [2.05, 4.69) is 0 Å². The van der Waals surface area contributed by atoms with E-state index in [0.29, 0.717) is 11.1 Å². The average Bonchev–Trinajstić information content (AvgIpc) is 2.20. The minimum Gasteiger partial charge on any atom is -0.504 e. The Morgan fingerprint density at radius 3 is 2.53 bits per heavy atom. The second-order valence-electron chi connectivity index (χ2n) is 3.41. The highest BCUT2D eigenvalue weighted by Gasteiger charge is 2.21. The molecule has 1 atom stereocenters. The molecule has 0 aromatic heterocycles. The van der Waals surface area contributed by atoms with Crippen LogP contribution < -0.4 is 4.74 Å². The number of aliphatic carboxylic acids is 1. The van der Waals surface area contributed by atoms with Gasteiger partial charge in [-0.2, -0.15) is 0 Å². The van der Waals surface area contributed by atoms with Crippen LogP contribution in [-0.4, -0.2) is 23.3 Å². The molecule has 15 heavy (non-hydrogen) atoms. The number of phenolic OH excluding ortho intramolecular Hbond substituents is 1. The number of carbonyl (C=O) groups is 1. The summed E-state index contributed by atoms with van der Waals surface area (Å²) in [5, 5.41) is 18.6. The molecule has 1 aromatic rings. The van der Waals surface area contributed by atoms with Gasteiger partial charge in [-0.1, -0.05) is 12.1 Å². The number of hydrogen-bond donors (Lipinski definition) is 2. The van der Waals surface area contributed by atoms with Gasteiger partial charge in [0.25, 0.3) is 0 Å². The second kappa shape index (κ2) is 4.21. The Hall–Kier alpha value is -1.71. The van der Waals surface area contributed by atoms with Crippen LogP contribution in [0.15, 0.2) is 12.1 Å². The van der Waals surface area contributed by atoms with Crippen molar-refractivity contribution in [1.29, 1.82) is 0 Å². The third-order valence-corrected chi connectivity index (χ3v) is 2.40. The van der Waals surface area contributed by atoms with Crippen LogP contribution >= 0.6 is 0 Å². The van der Waals surface area contributed by atoms with Crippen LogP contribution in [0.2, 0.25) is 0 Å². The first kappa shape index (κ1) is 11.4. The van der Waals surface area contributed by atoms with Crippen LogP contribution in [0.4, 0.5) is 0 Å². The molecule has 0 aliphatic heterocycles. The number of carboxylic acid groups (broad SMARTS) is 1. The number of ether oxygens (including phenoxy) is 1. The lowest BCUT2D eigenvalue weighted by Crippen LogP contribution is -2.09. The third kappa shape index (κ3) is 2.03. The molecular weight excluding hydrogens is 196 g/mol. The Bertz CT molecular complexity index is 384. The maximum absolute atomic E-state index is 10.8. The molecule has 4 heteroatoms. The zero-order valence-corrected chi connectivity index (χ0v) is 8.94. The number of phenols is 1. The molecule has 0 bridgehead atoms. The molecule has 0 radical (unpaired) electrons. The van der Waals surface area contributed by atoms with Crippen molar-refractivity contribution in [3.63, 3.8) is 0 Å². The molecule has 0 amide bonds. The van der Waals surface area contributed by atoms with Crippen LogP contribution in [0, 0.1) is 6.92 Å². The van der Waals surface area contributed by atoms with E-state index in [1.807, 2.05) is 0 Å². The van der Waals surface area contributed by atoms with Crippen LogP contribution in [0.25, 0.3) is 0 Å². The van der Waals surface area contributed by atoms with Gasteiger partial charge in [0.1, 0.15) is 0 Å². The first-order chi connectivity index (χ1) is 6.99. The number of rotatable bonds is 3. The molecule has 4 nitrogen and oxygen atoms in total. The van der Waals surface area contributed by atoms with Crippen molar-refractivity contribution < 1.29 is 19.7 Å². The summed E-state index contributed by atoms with van der Waals surface area (Å²) in [5.41, 5.74) is 1.14. The van der Waals surface area contributed by atoms with Crippen molar-refractivity contribution in [1.82, 2.24) is 0 Å². The first-order valence-electron chi connectivity index (χ1n) is 4.58. The van der Waals surface area contributed by atoms with Gasteiger partial charge in [-0.05, 0) is 19.4 Å². The van der Waals surface area contributed by atoms with Gasteiger partial charge in [0.05, 0.1) is 13.0 Å². The molecule has 1 unspecified atom stereocenters. The molecule has 1 aromatic carbocycles. The molecule has 0 fully saturated rings. The zero-order valence-electron chi connectivity index (χ0n) is 8.94. The molecule has 0 aliphatic rings. The van der Waals surface area contributed by atoms with Crippen LogP contribution in [0.3, 0.4) is 0 Å². The summed E-state index contributed by atoms with van der Waals surface area (Å²) in [5.74, 6) is -1.41. The van der Waals surface area contributed by atoms with E-state index >= 15 is 0 Å². The molecule has 0 saturated heterocycles. The van der Waals surface area contributed by atoms with Crippen molar-refractivity contribution in [2.75, 3.05) is 7.11 Å². The van der Waals surface area contributed by atoms with Crippen molar-refractivity contribution in [2.45, 2.75) is 19.8 Å². The summed E-state index contributed by atoms with van der Waals surface area (Å²) >= 11 is 0. The van der Waals surface area contributed by atoms with Crippen molar-refractivity contribution in [3.05, 3.63) is 23.3 Å². The Morgan fingerprint density at radius 1 is 1.47 bits per heavy atom. The predicted molar refractivity (Wildman–Crippen MR) is 55.4 cm³/mol. The SMILES string of the molecule is COc1c(C(C)C(=O)O)ccc(C)c1O. The summed E-state index contributed by atoms with van der Waals surface area (Å²) in [4.78, 5) is 10.8. The molecule has 0 aliphatic carbocycles. The number of hydrogen-bond acceptors (Lipinski definition) is 3. The maximum atomic E-state index is 10.8. The predicted octanol–water partition coefficient (Wildman–Crippen LogP) is 1.90. The van der Waals surface area contributed by atoms with Gasteiger partial charge in [0.15, 0.2) is 11.5 Å². The van der Waals surface area contributed by atoms with Crippen LogP contribution in [0.1, 0.15) is 24.0 Å². The number of aromatic hydroxyl groups is 1. The number of aryl methyl sites for hydroxylation is 1. The fourth-order valence-electron chi connectivity index (χ4n) is 1.37. The highest BCUT2D eigenvalue weighted by atomic mass is 16.5. The average molecular weight is 210 g/mol. The number of benzene rings is 1. The number of carboxylic acids is 1. The minimum absolute atomic E-state index is 0.00287. The van der Waals surface area contributed by atoms with E-state index in [0.717, 1.165) is 0 Å². The Labute approximate surface area is 88.1 Å². The summed E-state index contributed by atoms with van der Waals surface area (Å²) in [7, 11) is 1.41. The fourth-order valence-corrected chi connectivity index (χ4v) is 1.37. The van der Waals surface area contributed by atoms with Crippen molar-refractivity contribution in [2.24, 2.45) is 0 Å². The summed E-state index contributed by atoms with van der Waals surface area (Å²) in [6, 6.07) is 3.33. The van der Waals surface area contributed by atoms with E-state index in [1.165, 1.54) is 7.11 Å². The lowest BCUT2D eigenvalue weighted by atomic mass is 9.98. The molecule has 82 valence electrons. The van der Waals surface area contributed by atoms with Gasteiger partial charge in [0, 0.05) is 5.56 Å². The second-order valence-corrected chi connectivity index (χ2v) is 3.41. The van der Waals surface area contributed by atoms with Gasteiger partial charge in [-0.3, -0.25) is 4.79 Å². The standard InChI is InChI=1S/C11H14O4/c1-6-4-5-8(7(2)11(13)14)10(15-3)9(6)12/h4-5,7,12H,1-3H3,(H,13,14). The normalized spacial score (nSPS) is 12.2. The largest absolute Gasteiger partial charge is 0.504 e. The smallest absolute Gasteiger partial charge is 0.310 e. The van der Waals surface area contributed by atoms with Gasteiger partial charge >= 0.3 is 5.97 Å². The third-order valence-electron chi connectivity index (χ3n) is 2.40. The Kier molecular flexibility index (Phi) is 3.19. The lowest BCUT2D eigenvalue weighted by Gasteiger charge is -2.14. The van der Waals surface area contributed by atoms with E-state index < -0.39 is 11.9 Å². The minimum atomic E-state index is -0.948. The summed E-state index contributed by atoms with van der Waals surface area (Å²) in [6.07, 6.45) is 0. The van der Waals surface area contributed by atoms with Gasteiger partial charge < -0.3 is 14.9 Å². The van der Waals surface area contributed by atoms with E-state index in [1.54, 1.807) is 26.0 Å². The Morgan fingerprint density at radius 2 is 2.07 bits per heavy atom. The maximum Gasteiger partial charge on any atom is 0.310 e. The fraction of sp³-hybridized carbons (Fsp3) is 0.364. The molecular formula is C11H14O4. The first-order valence-corrected chi connectivity index (χ1v) is 4.58.